The van der Waals surface area contributed by atoms with Crippen molar-refractivity contribution in [1.29, 1.82) is 0 Å². The second-order valence-electron chi connectivity index (χ2n) is 5.49. The van der Waals surface area contributed by atoms with Gasteiger partial charge >= 0.3 is 12.0 Å². The van der Waals surface area contributed by atoms with Gasteiger partial charge in [-0.1, -0.05) is 0 Å². The molecule has 2 aliphatic rings. The highest BCUT2D eigenvalue weighted by atomic mass is 16.4. The molecule has 2 heterocycles. The van der Waals surface area contributed by atoms with Gasteiger partial charge in [0, 0.05) is 6.54 Å². The summed E-state index contributed by atoms with van der Waals surface area (Å²) in [5, 5.41) is 11.3. The molecule has 2 N–H and O–H groups in total. The van der Waals surface area contributed by atoms with Crippen molar-refractivity contribution in [3.05, 3.63) is 0 Å². The molecule has 0 aromatic carbocycles. The zero-order chi connectivity index (χ0) is 15.1. The predicted octanol–water partition coefficient (Wildman–Crippen LogP) is -0.608. The minimum atomic E-state index is -1.18. The molecule has 8 heteroatoms. The molecule has 8 nitrogen and oxygen atoms in total. The summed E-state index contributed by atoms with van der Waals surface area (Å²) in [4.78, 5) is 49.2. The molecule has 2 rings (SSSR count). The maximum absolute atomic E-state index is 12.5. The first-order valence-corrected chi connectivity index (χ1v) is 6.40. The molecular weight excluding hydrogens is 266 g/mol. The fourth-order valence-corrected chi connectivity index (χ4v) is 2.50. The van der Waals surface area contributed by atoms with Gasteiger partial charge in [0.15, 0.2) is 0 Å². The van der Waals surface area contributed by atoms with Crippen molar-refractivity contribution in [3.8, 4) is 0 Å². The molecule has 2 fully saturated rings. The van der Waals surface area contributed by atoms with E-state index >= 15 is 0 Å². The quantitative estimate of drug-likeness (QED) is 0.624. The van der Waals surface area contributed by atoms with E-state index in [1.54, 1.807) is 0 Å². The van der Waals surface area contributed by atoms with Crippen LogP contribution in [0.15, 0.2) is 0 Å². The maximum atomic E-state index is 12.5. The van der Waals surface area contributed by atoms with Crippen LogP contribution in [0.4, 0.5) is 4.79 Å². The lowest BCUT2D eigenvalue weighted by atomic mass is 9.99. The van der Waals surface area contributed by atoms with Crippen LogP contribution in [0.5, 0.6) is 0 Å². The average Bonchev–Trinajstić information content (AvgIpc) is 2.82. The number of piperazine rings is 1. The number of urea groups is 1. The first kappa shape index (κ1) is 14.3. The molecule has 1 atom stereocenters. The number of carbonyl (C=O) groups excluding carboxylic acids is 3. The van der Waals surface area contributed by atoms with Crippen LogP contribution in [0.25, 0.3) is 0 Å². The molecular formula is C12H17N3O5. The van der Waals surface area contributed by atoms with E-state index in [2.05, 4.69) is 5.32 Å². The number of amides is 4. The molecule has 0 unspecified atom stereocenters. The van der Waals surface area contributed by atoms with Crippen molar-refractivity contribution in [2.24, 2.45) is 0 Å². The smallest absolute Gasteiger partial charge is 0.326 e. The molecule has 20 heavy (non-hydrogen) atoms. The molecule has 0 aromatic rings. The van der Waals surface area contributed by atoms with Gasteiger partial charge in [-0.3, -0.25) is 14.9 Å². The summed E-state index contributed by atoms with van der Waals surface area (Å²) in [6.07, 6.45) is 0.979. The van der Waals surface area contributed by atoms with Crippen molar-refractivity contribution in [2.75, 3.05) is 13.1 Å². The first-order valence-electron chi connectivity index (χ1n) is 6.40. The van der Waals surface area contributed by atoms with Gasteiger partial charge in [-0.05, 0) is 26.7 Å². The van der Waals surface area contributed by atoms with Crippen molar-refractivity contribution >= 4 is 23.8 Å². The number of hydrogen-bond acceptors (Lipinski definition) is 4. The highest BCUT2D eigenvalue weighted by Gasteiger charge is 2.47. The number of nitrogens with one attached hydrogen (secondary N) is 1. The van der Waals surface area contributed by atoms with E-state index in [-0.39, 0.29) is 6.54 Å². The summed E-state index contributed by atoms with van der Waals surface area (Å²) in [7, 11) is 0. The Labute approximate surface area is 115 Å². The maximum Gasteiger partial charge on any atom is 0.326 e. The molecule has 0 bridgehead atoms. The Bertz CT molecular complexity index is 487. The first-order chi connectivity index (χ1) is 9.25. The lowest BCUT2D eigenvalue weighted by Gasteiger charge is -2.42. The van der Waals surface area contributed by atoms with Crippen LogP contribution in [0.2, 0.25) is 0 Å². The van der Waals surface area contributed by atoms with Gasteiger partial charge < -0.3 is 14.9 Å². The normalized spacial score (nSPS) is 25.6. The Morgan fingerprint density at radius 1 is 1.35 bits per heavy atom. The largest absolute Gasteiger partial charge is 0.480 e. The van der Waals surface area contributed by atoms with Gasteiger partial charge in [-0.15, -0.1) is 0 Å². The van der Waals surface area contributed by atoms with Gasteiger partial charge in [0.25, 0.3) is 5.91 Å². The van der Waals surface area contributed by atoms with Crippen molar-refractivity contribution in [2.45, 2.75) is 38.3 Å². The van der Waals surface area contributed by atoms with Gasteiger partial charge in [-0.2, -0.15) is 0 Å². The minimum Gasteiger partial charge on any atom is -0.480 e. The van der Waals surface area contributed by atoms with Crippen molar-refractivity contribution in [1.82, 2.24) is 15.1 Å². The number of carbonyl (C=O) groups is 4. The van der Waals surface area contributed by atoms with Crippen LogP contribution >= 0.6 is 0 Å². The Morgan fingerprint density at radius 3 is 2.60 bits per heavy atom. The van der Waals surface area contributed by atoms with Crippen LogP contribution in [0, 0.1) is 0 Å². The number of carboxylic acid groups (broad SMARTS) is 1. The van der Waals surface area contributed by atoms with Crippen LogP contribution in [-0.4, -0.2) is 63.4 Å². The van der Waals surface area contributed by atoms with Crippen molar-refractivity contribution in [3.63, 3.8) is 0 Å². The van der Waals surface area contributed by atoms with Gasteiger partial charge in [0.05, 0.1) is 0 Å². The lowest BCUT2D eigenvalue weighted by Crippen LogP contribution is -2.67. The summed E-state index contributed by atoms with van der Waals surface area (Å²) in [6, 6.07) is -1.47. The van der Waals surface area contributed by atoms with E-state index in [0.717, 1.165) is 4.90 Å². The van der Waals surface area contributed by atoms with E-state index in [1.165, 1.54) is 18.7 Å². The Kier molecular flexibility index (Phi) is 3.41. The van der Waals surface area contributed by atoms with E-state index < -0.39 is 35.4 Å². The van der Waals surface area contributed by atoms with E-state index in [9.17, 15) is 19.2 Å². The Morgan fingerprint density at radius 2 is 2.00 bits per heavy atom. The van der Waals surface area contributed by atoms with Gasteiger partial charge in [0.2, 0.25) is 5.91 Å². The van der Waals surface area contributed by atoms with Crippen LogP contribution in [0.1, 0.15) is 26.7 Å². The number of rotatable bonds is 1. The van der Waals surface area contributed by atoms with E-state index in [0.29, 0.717) is 19.4 Å². The summed E-state index contributed by atoms with van der Waals surface area (Å²) in [6.45, 7) is 3.12. The van der Waals surface area contributed by atoms with Gasteiger partial charge in [-0.25, -0.2) is 9.59 Å². The molecule has 0 aromatic heterocycles. The number of likely N-dealkylation sites (tertiary alicyclic amines) is 1. The number of carboxylic acids is 1. The predicted molar refractivity (Wildman–Crippen MR) is 66.7 cm³/mol. The summed E-state index contributed by atoms with van der Waals surface area (Å²) >= 11 is 0. The number of nitrogens with zero attached hydrogens (tertiary/aromatic N) is 2. The zero-order valence-electron chi connectivity index (χ0n) is 11.4. The zero-order valence-corrected chi connectivity index (χ0v) is 11.4. The molecule has 4 amide bonds. The Hall–Kier alpha value is -2.12. The number of aliphatic carboxylic acids is 1. The summed E-state index contributed by atoms with van der Waals surface area (Å²) < 4.78 is 0. The summed E-state index contributed by atoms with van der Waals surface area (Å²) in [5.41, 5.74) is -1.18. The molecule has 0 saturated carbocycles. The number of hydrogen-bond donors (Lipinski definition) is 2. The third-order valence-electron chi connectivity index (χ3n) is 3.80. The molecule has 2 aliphatic heterocycles. The fraction of sp³-hybridized carbons (Fsp3) is 0.667. The Balaban J connectivity index is 2.25. The van der Waals surface area contributed by atoms with Crippen LogP contribution in [-0.2, 0) is 14.4 Å². The second-order valence-corrected chi connectivity index (χ2v) is 5.49. The SMILES string of the molecule is CC1(C)C(=O)NC(=O)CN1C(=O)N1CCC[C@H]1C(=O)O. The van der Waals surface area contributed by atoms with Crippen LogP contribution < -0.4 is 5.32 Å². The standard InChI is InChI=1S/C12H17N3O5/c1-12(2)10(19)13-8(16)6-15(12)11(20)14-5-3-4-7(14)9(17)18/h7H,3-6H2,1-2H3,(H,17,18)(H,13,16,19)/t7-/m0/s1. The molecule has 110 valence electrons. The van der Waals surface area contributed by atoms with Crippen molar-refractivity contribution < 1.29 is 24.3 Å². The van der Waals surface area contributed by atoms with Gasteiger partial charge in [0.1, 0.15) is 18.1 Å². The summed E-state index contributed by atoms with van der Waals surface area (Å²) in [5.74, 6) is -2.19. The average molecular weight is 283 g/mol. The van der Waals surface area contributed by atoms with E-state index in [4.69, 9.17) is 5.11 Å². The lowest BCUT2D eigenvalue weighted by molar-refractivity contribution is -0.143. The third kappa shape index (κ3) is 2.21. The highest BCUT2D eigenvalue weighted by molar-refractivity contribution is 6.06. The number of imide groups is 1. The minimum absolute atomic E-state index is 0.250. The fourth-order valence-electron chi connectivity index (χ4n) is 2.50. The third-order valence-corrected chi connectivity index (χ3v) is 3.80. The van der Waals surface area contributed by atoms with E-state index in [1.807, 2.05) is 0 Å². The molecule has 0 aliphatic carbocycles. The molecule has 0 spiro atoms. The van der Waals surface area contributed by atoms with Crippen LogP contribution in [0.3, 0.4) is 0 Å². The monoisotopic (exact) mass is 283 g/mol. The molecule has 0 radical (unpaired) electrons. The second kappa shape index (κ2) is 4.77. The highest BCUT2D eigenvalue weighted by Crippen LogP contribution is 2.25. The molecule has 2 saturated heterocycles. The topological polar surface area (TPSA) is 107 Å².